The molecule has 0 bridgehead atoms. The van der Waals surface area contributed by atoms with E-state index in [1.807, 2.05) is 0 Å². The van der Waals surface area contributed by atoms with Crippen LogP contribution in [0.15, 0.2) is 0 Å². The quantitative estimate of drug-likeness (QED) is 0.534. The Kier molecular flexibility index (Phi) is 2.90. The second-order valence-corrected chi connectivity index (χ2v) is 2.55. The van der Waals surface area contributed by atoms with Crippen molar-refractivity contribution in [2.24, 2.45) is 0 Å². The first-order chi connectivity index (χ1) is 4.83. The van der Waals surface area contributed by atoms with E-state index in [9.17, 15) is 14.7 Å². The maximum absolute atomic E-state index is 10.7. The van der Waals surface area contributed by atoms with E-state index in [2.05, 4.69) is 0 Å². The van der Waals surface area contributed by atoms with Gasteiger partial charge in [-0.2, -0.15) is 0 Å². The Morgan fingerprint density at radius 3 is 1.55 bits per heavy atom. The standard InChI is InChI=1S/C7H12O4/c1-4(8)7(11,5(2)9)6(3)10/h4,8,11H,1-3H3. The van der Waals surface area contributed by atoms with Gasteiger partial charge in [0.05, 0.1) is 6.10 Å². The van der Waals surface area contributed by atoms with Gasteiger partial charge in [0.15, 0.2) is 11.6 Å². The van der Waals surface area contributed by atoms with E-state index < -0.39 is 23.3 Å². The third-order valence-electron chi connectivity index (χ3n) is 1.68. The molecule has 0 fully saturated rings. The Balaban J connectivity index is 4.82. The van der Waals surface area contributed by atoms with Gasteiger partial charge in [0.1, 0.15) is 0 Å². The summed E-state index contributed by atoms with van der Waals surface area (Å²) < 4.78 is 0. The predicted octanol–water partition coefficient (Wildman–Crippen LogP) is -0.724. The van der Waals surface area contributed by atoms with Crippen molar-refractivity contribution >= 4 is 11.6 Å². The first-order valence-corrected chi connectivity index (χ1v) is 3.26. The summed E-state index contributed by atoms with van der Waals surface area (Å²) >= 11 is 0. The average molecular weight is 160 g/mol. The number of Topliss-reactive ketones (excluding diaryl/α,β-unsaturated/α-hetero) is 2. The number of rotatable bonds is 3. The largest absolute Gasteiger partial charge is 0.389 e. The molecule has 0 radical (unpaired) electrons. The van der Waals surface area contributed by atoms with Gasteiger partial charge in [-0.05, 0) is 20.8 Å². The molecule has 1 atom stereocenters. The van der Waals surface area contributed by atoms with Crippen LogP contribution in [0.4, 0.5) is 0 Å². The van der Waals surface area contributed by atoms with Crippen molar-refractivity contribution in [1.82, 2.24) is 0 Å². The first kappa shape index (κ1) is 10.3. The molecule has 4 nitrogen and oxygen atoms in total. The third kappa shape index (κ3) is 1.64. The summed E-state index contributed by atoms with van der Waals surface area (Å²) in [4.78, 5) is 21.4. The van der Waals surface area contributed by atoms with Gasteiger partial charge in [-0.15, -0.1) is 0 Å². The minimum atomic E-state index is -2.22. The smallest absolute Gasteiger partial charge is 0.206 e. The van der Waals surface area contributed by atoms with Crippen LogP contribution in [-0.4, -0.2) is 33.5 Å². The number of ketones is 2. The summed E-state index contributed by atoms with van der Waals surface area (Å²) in [5.74, 6) is -1.47. The second kappa shape index (κ2) is 3.11. The third-order valence-corrected chi connectivity index (χ3v) is 1.68. The van der Waals surface area contributed by atoms with Crippen LogP contribution in [0.5, 0.6) is 0 Å². The highest BCUT2D eigenvalue weighted by atomic mass is 16.4. The number of hydrogen-bond donors (Lipinski definition) is 2. The lowest BCUT2D eigenvalue weighted by molar-refractivity contribution is -0.159. The minimum Gasteiger partial charge on any atom is -0.389 e. The van der Waals surface area contributed by atoms with Crippen molar-refractivity contribution < 1.29 is 19.8 Å². The van der Waals surface area contributed by atoms with E-state index >= 15 is 0 Å². The number of hydrogen-bond acceptors (Lipinski definition) is 4. The number of carbonyl (C=O) groups is 2. The molecule has 0 heterocycles. The van der Waals surface area contributed by atoms with E-state index in [0.29, 0.717) is 0 Å². The van der Waals surface area contributed by atoms with Gasteiger partial charge in [0, 0.05) is 0 Å². The normalized spacial score (nSPS) is 14.3. The van der Waals surface area contributed by atoms with Gasteiger partial charge < -0.3 is 10.2 Å². The molecule has 0 rings (SSSR count). The van der Waals surface area contributed by atoms with Crippen molar-refractivity contribution in [3.63, 3.8) is 0 Å². The molecule has 0 aliphatic heterocycles. The van der Waals surface area contributed by atoms with Crippen LogP contribution in [0.2, 0.25) is 0 Å². The summed E-state index contributed by atoms with van der Waals surface area (Å²) in [6, 6.07) is 0. The second-order valence-electron chi connectivity index (χ2n) is 2.55. The number of carbonyl (C=O) groups excluding carboxylic acids is 2. The molecule has 0 amide bonds. The SMILES string of the molecule is CC(=O)C(O)(C(C)=O)C(C)O. The van der Waals surface area contributed by atoms with Gasteiger partial charge in [-0.3, -0.25) is 9.59 Å². The van der Waals surface area contributed by atoms with E-state index in [1.54, 1.807) is 0 Å². The highest BCUT2D eigenvalue weighted by Crippen LogP contribution is 2.12. The first-order valence-electron chi connectivity index (χ1n) is 3.26. The molecule has 11 heavy (non-hydrogen) atoms. The molecule has 1 unspecified atom stereocenters. The lowest BCUT2D eigenvalue weighted by Gasteiger charge is -2.24. The van der Waals surface area contributed by atoms with Gasteiger partial charge in [0.2, 0.25) is 5.60 Å². The molecule has 0 aliphatic carbocycles. The Morgan fingerprint density at radius 1 is 1.27 bits per heavy atom. The fourth-order valence-electron chi connectivity index (χ4n) is 0.836. The summed E-state index contributed by atoms with van der Waals surface area (Å²) in [6.07, 6.45) is -1.36. The zero-order valence-corrected chi connectivity index (χ0v) is 6.79. The van der Waals surface area contributed by atoms with Crippen molar-refractivity contribution in [2.45, 2.75) is 32.5 Å². The van der Waals surface area contributed by atoms with Crippen molar-refractivity contribution in [3.05, 3.63) is 0 Å². The fraction of sp³-hybridized carbons (Fsp3) is 0.714. The molecule has 0 aromatic heterocycles. The maximum Gasteiger partial charge on any atom is 0.206 e. The molecule has 0 spiro atoms. The molecule has 0 aromatic carbocycles. The van der Waals surface area contributed by atoms with Gasteiger partial charge >= 0.3 is 0 Å². The van der Waals surface area contributed by atoms with Crippen molar-refractivity contribution in [2.75, 3.05) is 0 Å². The molecule has 0 saturated carbocycles. The van der Waals surface area contributed by atoms with E-state index in [-0.39, 0.29) is 0 Å². The van der Waals surface area contributed by atoms with Crippen molar-refractivity contribution in [1.29, 1.82) is 0 Å². The van der Waals surface area contributed by atoms with Gasteiger partial charge in [-0.25, -0.2) is 0 Å². The topological polar surface area (TPSA) is 74.6 Å². The Bertz CT molecular complexity index is 169. The summed E-state index contributed by atoms with van der Waals surface area (Å²) in [5, 5.41) is 18.2. The summed E-state index contributed by atoms with van der Waals surface area (Å²) in [6.45, 7) is 3.32. The predicted molar refractivity (Wildman–Crippen MR) is 38.0 cm³/mol. The van der Waals surface area contributed by atoms with Crippen LogP contribution >= 0.6 is 0 Å². The Labute approximate surface area is 64.8 Å². The van der Waals surface area contributed by atoms with E-state index in [0.717, 1.165) is 13.8 Å². The molecule has 0 aliphatic rings. The lowest BCUT2D eigenvalue weighted by atomic mass is 9.89. The van der Waals surface area contributed by atoms with Crippen LogP contribution in [0.25, 0.3) is 0 Å². The van der Waals surface area contributed by atoms with Crippen molar-refractivity contribution in [3.8, 4) is 0 Å². The molecule has 64 valence electrons. The molecule has 4 heteroatoms. The maximum atomic E-state index is 10.7. The van der Waals surface area contributed by atoms with Crippen LogP contribution in [0, 0.1) is 0 Å². The molecular weight excluding hydrogens is 148 g/mol. The van der Waals surface area contributed by atoms with Crippen LogP contribution in [-0.2, 0) is 9.59 Å². The fourth-order valence-corrected chi connectivity index (χ4v) is 0.836. The van der Waals surface area contributed by atoms with Crippen LogP contribution in [0.3, 0.4) is 0 Å². The van der Waals surface area contributed by atoms with Gasteiger partial charge in [0.25, 0.3) is 0 Å². The van der Waals surface area contributed by atoms with E-state index in [4.69, 9.17) is 5.11 Å². The zero-order valence-electron chi connectivity index (χ0n) is 6.79. The Hall–Kier alpha value is -0.740. The number of aliphatic hydroxyl groups is 2. The summed E-state index contributed by atoms with van der Waals surface area (Å²) in [5.41, 5.74) is -2.22. The molecular formula is C7H12O4. The summed E-state index contributed by atoms with van der Waals surface area (Å²) in [7, 11) is 0. The monoisotopic (exact) mass is 160 g/mol. The Morgan fingerprint density at radius 2 is 1.55 bits per heavy atom. The average Bonchev–Trinajstić information content (AvgIpc) is 1.84. The minimum absolute atomic E-state index is 0.736. The molecule has 0 aromatic rings. The lowest BCUT2D eigenvalue weighted by Crippen LogP contribution is -2.52. The molecule has 0 saturated heterocycles. The highest BCUT2D eigenvalue weighted by Gasteiger charge is 2.42. The zero-order chi connectivity index (χ0) is 9.23. The van der Waals surface area contributed by atoms with Crippen LogP contribution < -0.4 is 0 Å². The molecule has 2 N–H and O–H groups in total. The van der Waals surface area contributed by atoms with Crippen LogP contribution in [0.1, 0.15) is 20.8 Å². The van der Waals surface area contributed by atoms with E-state index in [1.165, 1.54) is 6.92 Å². The van der Waals surface area contributed by atoms with Gasteiger partial charge in [-0.1, -0.05) is 0 Å². The number of aliphatic hydroxyl groups excluding tert-OH is 1. The highest BCUT2D eigenvalue weighted by molar-refractivity contribution is 6.08.